The number of piperidine rings is 1. The summed E-state index contributed by atoms with van der Waals surface area (Å²) >= 11 is 0. The third-order valence-electron chi connectivity index (χ3n) is 5.06. The third-order valence-corrected chi connectivity index (χ3v) is 5.06. The van der Waals surface area contributed by atoms with Crippen molar-refractivity contribution in [2.75, 3.05) is 24.6 Å². The van der Waals surface area contributed by atoms with E-state index in [9.17, 15) is 4.79 Å². The quantitative estimate of drug-likeness (QED) is 0.808. The van der Waals surface area contributed by atoms with Crippen LogP contribution in [-0.4, -0.2) is 40.6 Å². The standard InChI is InChI=1S/C20H25N5O2/c26-19(17-3-1-10-25(13-17)20-21-8-2-9-22-20)24-12-16-6-7-18(23-11-16)27-14-15-4-5-15/h2,6-9,11,15,17H,1,3-5,10,12-14H2,(H,24,26). The average Bonchev–Trinajstić information content (AvgIpc) is 3.56. The molecule has 1 amide bonds. The smallest absolute Gasteiger partial charge is 0.225 e. The molecule has 27 heavy (non-hydrogen) atoms. The second-order valence-electron chi connectivity index (χ2n) is 7.31. The molecule has 0 aromatic carbocycles. The zero-order valence-electron chi connectivity index (χ0n) is 15.4. The molecule has 1 N–H and O–H groups in total. The maximum Gasteiger partial charge on any atom is 0.225 e. The largest absolute Gasteiger partial charge is 0.477 e. The highest BCUT2D eigenvalue weighted by Crippen LogP contribution is 2.29. The van der Waals surface area contributed by atoms with E-state index in [2.05, 4.69) is 25.2 Å². The number of hydrogen-bond donors (Lipinski definition) is 1. The van der Waals surface area contributed by atoms with Gasteiger partial charge in [-0.2, -0.15) is 0 Å². The summed E-state index contributed by atoms with van der Waals surface area (Å²) in [4.78, 5) is 27.6. The highest BCUT2D eigenvalue weighted by molar-refractivity contribution is 5.79. The van der Waals surface area contributed by atoms with Gasteiger partial charge in [-0.3, -0.25) is 4.79 Å². The summed E-state index contributed by atoms with van der Waals surface area (Å²) in [6.07, 6.45) is 9.62. The summed E-state index contributed by atoms with van der Waals surface area (Å²) in [5.41, 5.74) is 0.973. The molecule has 1 atom stereocenters. The average molecular weight is 367 g/mol. The predicted molar refractivity (Wildman–Crippen MR) is 101 cm³/mol. The van der Waals surface area contributed by atoms with Crippen molar-refractivity contribution >= 4 is 11.9 Å². The molecule has 3 heterocycles. The van der Waals surface area contributed by atoms with Crippen LogP contribution in [0.15, 0.2) is 36.8 Å². The Kier molecular flexibility index (Phi) is 5.46. The van der Waals surface area contributed by atoms with Crippen LogP contribution in [0.1, 0.15) is 31.2 Å². The summed E-state index contributed by atoms with van der Waals surface area (Å²) in [6.45, 7) is 2.78. The van der Waals surface area contributed by atoms with Crippen LogP contribution in [0.3, 0.4) is 0 Å². The monoisotopic (exact) mass is 367 g/mol. The molecule has 142 valence electrons. The van der Waals surface area contributed by atoms with Gasteiger partial charge in [0.05, 0.1) is 12.5 Å². The molecular weight excluding hydrogens is 342 g/mol. The Labute approximate surface area is 159 Å². The number of carbonyl (C=O) groups excluding carboxylic acids is 1. The van der Waals surface area contributed by atoms with E-state index in [4.69, 9.17) is 4.74 Å². The molecule has 0 bridgehead atoms. The molecule has 2 aromatic rings. The van der Waals surface area contributed by atoms with Crippen molar-refractivity contribution in [3.63, 3.8) is 0 Å². The van der Waals surface area contributed by atoms with E-state index < -0.39 is 0 Å². The molecule has 4 rings (SSSR count). The molecule has 1 aliphatic heterocycles. The van der Waals surface area contributed by atoms with E-state index in [1.165, 1.54) is 12.8 Å². The van der Waals surface area contributed by atoms with Gasteiger partial charge in [-0.25, -0.2) is 15.0 Å². The molecule has 2 fully saturated rings. The highest BCUT2D eigenvalue weighted by atomic mass is 16.5. The van der Waals surface area contributed by atoms with E-state index in [0.29, 0.717) is 30.8 Å². The van der Waals surface area contributed by atoms with Crippen molar-refractivity contribution in [1.82, 2.24) is 20.3 Å². The number of carbonyl (C=O) groups is 1. The van der Waals surface area contributed by atoms with Crippen LogP contribution in [0.25, 0.3) is 0 Å². The Balaban J connectivity index is 1.25. The van der Waals surface area contributed by atoms with Gasteiger partial charge in [0.25, 0.3) is 0 Å². The molecule has 1 aliphatic carbocycles. The van der Waals surface area contributed by atoms with Gasteiger partial charge in [0.1, 0.15) is 0 Å². The first kappa shape index (κ1) is 17.7. The Bertz CT molecular complexity index is 749. The number of ether oxygens (including phenoxy) is 1. The van der Waals surface area contributed by atoms with Gasteiger partial charge in [-0.15, -0.1) is 0 Å². The second kappa shape index (κ2) is 8.33. The number of aromatic nitrogens is 3. The molecule has 2 aromatic heterocycles. The van der Waals surface area contributed by atoms with Gasteiger partial charge in [0.15, 0.2) is 0 Å². The van der Waals surface area contributed by atoms with Crippen LogP contribution in [0.2, 0.25) is 0 Å². The molecule has 7 heteroatoms. The zero-order valence-corrected chi connectivity index (χ0v) is 15.4. The Morgan fingerprint density at radius 1 is 1.19 bits per heavy atom. The van der Waals surface area contributed by atoms with E-state index >= 15 is 0 Å². The van der Waals surface area contributed by atoms with Gasteiger partial charge in [-0.05, 0) is 43.2 Å². The van der Waals surface area contributed by atoms with Gasteiger partial charge in [-0.1, -0.05) is 6.07 Å². The van der Waals surface area contributed by atoms with Gasteiger partial charge in [0.2, 0.25) is 17.7 Å². The first-order valence-corrected chi connectivity index (χ1v) is 9.65. The predicted octanol–water partition coefficient (Wildman–Crippen LogP) is 2.19. The number of anilines is 1. The molecule has 0 radical (unpaired) electrons. The minimum absolute atomic E-state index is 0.0448. The van der Waals surface area contributed by atoms with E-state index in [-0.39, 0.29) is 11.8 Å². The lowest BCUT2D eigenvalue weighted by Crippen LogP contribution is -2.43. The van der Waals surface area contributed by atoms with Crippen LogP contribution in [0.5, 0.6) is 5.88 Å². The van der Waals surface area contributed by atoms with Crippen LogP contribution in [-0.2, 0) is 11.3 Å². The first-order chi connectivity index (χ1) is 13.3. The number of nitrogens with zero attached hydrogens (tertiary/aromatic N) is 4. The fourth-order valence-corrected chi connectivity index (χ4v) is 3.25. The molecule has 2 aliphatic rings. The third kappa shape index (κ3) is 4.93. The topological polar surface area (TPSA) is 80.2 Å². The van der Waals surface area contributed by atoms with Crippen molar-refractivity contribution in [3.8, 4) is 5.88 Å². The van der Waals surface area contributed by atoms with Crippen molar-refractivity contribution in [2.24, 2.45) is 11.8 Å². The lowest BCUT2D eigenvalue weighted by atomic mass is 9.97. The van der Waals surface area contributed by atoms with Crippen LogP contribution in [0, 0.1) is 11.8 Å². The lowest BCUT2D eigenvalue weighted by molar-refractivity contribution is -0.125. The summed E-state index contributed by atoms with van der Waals surface area (Å²) in [6, 6.07) is 5.63. The molecule has 1 unspecified atom stereocenters. The van der Waals surface area contributed by atoms with Crippen LogP contribution in [0.4, 0.5) is 5.95 Å². The zero-order chi connectivity index (χ0) is 18.5. The first-order valence-electron chi connectivity index (χ1n) is 9.65. The normalized spacial score (nSPS) is 19.6. The number of rotatable bonds is 7. The minimum Gasteiger partial charge on any atom is -0.477 e. The fourth-order valence-electron chi connectivity index (χ4n) is 3.25. The maximum absolute atomic E-state index is 12.6. The molecule has 0 spiro atoms. The van der Waals surface area contributed by atoms with Gasteiger partial charge >= 0.3 is 0 Å². The maximum atomic E-state index is 12.6. The van der Waals surface area contributed by atoms with E-state index in [0.717, 1.165) is 31.6 Å². The van der Waals surface area contributed by atoms with E-state index in [1.807, 2.05) is 12.1 Å². The van der Waals surface area contributed by atoms with Gasteiger partial charge < -0.3 is 15.0 Å². The van der Waals surface area contributed by atoms with Crippen molar-refractivity contribution in [3.05, 3.63) is 42.4 Å². The number of pyridine rings is 1. The summed E-state index contributed by atoms with van der Waals surface area (Å²) in [5.74, 6) is 2.09. The van der Waals surface area contributed by atoms with Gasteiger partial charge in [0, 0.05) is 44.3 Å². The molecule has 1 saturated heterocycles. The molecule has 1 saturated carbocycles. The number of hydrogen-bond acceptors (Lipinski definition) is 6. The van der Waals surface area contributed by atoms with Crippen LogP contribution >= 0.6 is 0 Å². The summed E-state index contributed by atoms with van der Waals surface area (Å²) < 4.78 is 5.64. The minimum atomic E-state index is -0.0448. The van der Waals surface area contributed by atoms with Crippen molar-refractivity contribution in [2.45, 2.75) is 32.2 Å². The fraction of sp³-hybridized carbons (Fsp3) is 0.500. The summed E-state index contributed by atoms with van der Waals surface area (Å²) in [5, 5.41) is 3.03. The SMILES string of the molecule is O=C(NCc1ccc(OCC2CC2)nc1)C1CCCN(c2ncccn2)C1. The Morgan fingerprint density at radius 2 is 2.04 bits per heavy atom. The Morgan fingerprint density at radius 3 is 2.78 bits per heavy atom. The second-order valence-corrected chi connectivity index (χ2v) is 7.31. The van der Waals surface area contributed by atoms with Crippen molar-refractivity contribution < 1.29 is 9.53 Å². The lowest BCUT2D eigenvalue weighted by Gasteiger charge is -2.31. The molecular formula is C20H25N5O2. The molecule has 7 nitrogen and oxygen atoms in total. The number of amides is 1. The summed E-state index contributed by atoms with van der Waals surface area (Å²) in [7, 11) is 0. The van der Waals surface area contributed by atoms with Crippen molar-refractivity contribution in [1.29, 1.82) is 0 Å². The van der Waals surface area contributed by atoms with Crippen LogP contribution < -0.4 is 15.0 Å². The highest BCUT2D eigenvalue weighted by Gasteiger charge is 2.27. The Hall–Kier alpha value is -2.70. The van der Waals surface area contributed by atoms with E-state index in [1.54, 1.807) is 24.7 Å². The number of nitrogens with one attached hydrogen (secondary N) is 1.